The molecule has 3 aromatic carbocycles. The third-order valence-electron chi connectivity index (χ3n) is 4.05. The second-order valence-corrected chi connectivity index (χ2v) is 6.04. The number of benzene rings is 3. The van der Waals surface area contributed by atoms with Crippen LogP contribution in [0.15, 0.2) is 77.9 Å². The molecule has 4 rings (SSSR count). The minimum absolute atomic E-state index is 0.112. The van der Waals surface area contributed by atoms with Gasteiger partial charge in [-0.1, -0.05) is 36.4 Å². The molecule has 1 aromatic heterocycles. The highest BCUT2D eigenvalue weighted by Gasteiger charge is 2.20. The zero-order chi connectivity index (χ0) is 20.2. The van der Waals surface area contributed by atoms with E-state index in [9.17, 15) is 13.2 Å². The summed E-state index contributed by atoms with van der Waals surface area (Å²) < 4.78 is 43.0. The minimum atomic E-state index is -0.790. The van der Waals surface area contributed by atoms with Crippen molar-refractivity contribution < 1.29 is 13.2 Å². The van der Waals surface area contributed by atoms with Gasteiger partial charge in [0.25, 0.3) is 0 Å². The third kappa shape index (κ3) is 4.01. The van der Waals surface area contributed by atoms with E-state index in [0.717, 1.165) is 17.7 Å². The van der Waals surface area contributed by atoms with Crippen LogP contribution >= 0.6 is 0 Å². The number of hydrogen-bond acceptors (Lipinski definition) is 4. The van der Waals surface area contributed by atoms with Gasteiger partial charge in [0.2, 0.25) is 5.95 Å². The maximum absolute atomic E-state index is 14.3. The van der Waals surface area contributed by atoms with Crippen molar-refractivity contribution in [3.05, 3.63) is 95.8 Å². The van der Waals surface area contributed by atoms with Crippen molar-refractivity contribution in [2.45, 2.75) is 0 Å². The normalized spacial score (nSPS) is 11.1. The molecule has 0 saturated heterocycles. The van der Waals surface area contributed by atoms with E-state index < -0.39 is 17.5 Å². The molecule has 8 heteroatoms. The maximum atomic E-state index is 14.3. The van der Waals surface area contributed by atoms with Gasteiger partial charge in [-0.2, -0.15) is 9.78 Å². The Labute approximate surface area is 164 Å². The van der Waals surface area contributed by atoms with Crippen molar-refractivity contribution in [2.75, 3.05) is 5.32 Å². The summed E-state index contributed by atoms with van der Waals surface area (Å²) in [7, 11) is 0. The Bertz CT molecular complexity index is 1130. The van der Waals surface area contributed by atoms with Crippen LogP contribution in [0.2, 0.25) is 0 Å². The summed E-state index contributed by atoms with van der Waals surface area (Å²) in [5, 5.41) is 15.1. The van der Waals surface area contributed by atoms with E-state index in [2.05, 4.69) is 20.6 Å². The maximum Gasteiger partial charge on any atom is 0.250 e. The molecule has 0 aliphatic heterocycles. The van der Waals surface area contributed by atoms with Crippen molar-refractivity contribution in [1.29, 1.82) is 0 Å². The first kappa shape index (κ1) is 18.4. The van der Waals surface area contributed by atoms with E-state index in [4.69, 9.17) is 0 Å². The van der Waals surface area contributed by atoms with Crippen molar-refractivity contribution in [2.24, 2.45) is 5.10 Å². The first-order chi connectivity index (χ1) is 14.1. The molecule has 0 amide bonds. The standard InChI is InChI=1S/C21H14F3N5/c22-15-9-11-16(12-10-15)26-21-28-27-20(19-17(23)7-4-8-18(19)24)29(21)25-13-14-5-2-1-3-6-14/h1-13H,(H,26,28)/b25-13+. The first-order valence-corrected chi connectivity index (χ1v) is 8.63. The van der Waals surface area contributed by atoms with E-state index in [1.54, 1.807) is 0 Å². The molecular weight excluding hydrogens is 379 g/mol. The molecule has 0 spiro atoms. The topological polar surface area (TPSA) is 55.1 Å². The van der Waals surface area contributed by atoms with Gasteiger partial charge in [0.05, 0.1) is 11.8 Å². The Morgan fingerprint density at radius 2 is 1.48 bits per heavy atom. The van der Waals surface area contributed by atoms with Crippen LogP contribution < -0.4 is 5.32 Å². The minimum Gasteiger partial charge on any atom is -0.323 e. The van der Waals surface area contributed by atoms with Gasteiger partial charge in [-0.15, -0.1) is 10.2 Å². The second kappa shape index (κ2) is 7.97. The smallest absolute Gasteiger partial charge is 0.250 e. The van der Waals surface area contributed by atoms with Crippen molar-refractivity contribution >= 4 is 17.9 Å². The first-order valence-electron chi connectivity index (χ1n) is 8.63. The zero-order valence-corrected chi connectivity index (χ0v) is 14.9. The predicted molar refractivity (Wildman–Crippen MR) is 104 cm³/mol. The molecule has 0 saturated carbocycles. The van der Waals surface area contributed by atoms with Crippen LogP contribution in [-0.4, -0.2) is 21.1 Å². The summed E-state index contributed by atoms with van der Waals surface area (Å²) in [6.07, 6.45) is 1.52. The Morgan fingerprint density at radius 3 is 2.17 bits per heavy atom. The van der Waals surface area contributed by atoms with E-state index >= 15 is 0 Å². The molecule has 0 aliphatic carbocycles. The lowest BCUT2D eigenvalue weighted by atomic mass is 10.2. The molecule has 0 bridgehead atoms. The Morgan fingerprint density at radius 1 is 0.793 bits per heavy atom. The van der Waals surface area contributed by atoms with E-state index in [1.807, 2.05) is 30.3 Å². The number of anilines is 2. The highest BCUT2D eigenvalue weighted by atomic mass is 19.1. The summed E-state index contributed by atoms with van der Waals surface area (Å²) in [5.41, 5.74) is 0.932. The summed E-state index contributed by atoms with van der Waals surface area (Å²) in [6, 6.07) is 18.2. The molecule has 4 aromatic rings. The lowest BCUT2D eigenvalue weighted by molar-refractivity contribution is 0.585. The van der Waals surface area contributed by atoms with Crippen LogP contribution in [0.25, 0.3) is 11.4 Å². The zero-order valence-electron chi connectivity index (χ0n) is 14.9. The fourth-order valence-electron chi connectivity index (χ4n) is 2.66. The molecule has 29 heavy (non-hydrogen) atoms. The Balaban J connectivity index is 1.80. The molecule has 0 aliphatic rings. The van der Waals surface area contributed by atoms with Crippen molar-refractivity contribution in [1.82, 2.24) is 14.9 Å². The van der Waals surface area contributed by atoms with Crippen LogP contribution in [0, 0.1) is 17.5 Å². The van der Waals surface area contributed by atoms with Crippen LogP contribution in [0.1, 0.15) is 5.56 Å². The Hall–Kier alpha value is -3.94. The molecule has 0 unspecified atom stereocenters. The fourth-order valence-corrected chi connectivity index (χ4v) is 2.66. The lowest BCUT2D eigenvalue weighted by Crippen LogP contribution is -2.03. The number of aromatic nitrogens is 3. The highest BCUT2D eigenvalue weighted by Crippen LogP contribution is 2.27. The van der Waals surface area contributed by atoms with Crippen LogP contribution in [-0.2, 0) is 0 Å². The number of hydrogen-bond donors (Lipinski definition) is 1. The van der Waals surface area contributed by atoms with Gasteiger partial charge in [-0.05, 0) is 42.0 Å². The van der Waals surface area contributed by atoms with Gasteiger partial charge < -0.3 is 5.32 Å². The monoisotopic (exact) mass is 393 g/mol. The van der Waals surface area contributed by atoms with Crippen molar-refractivity contribution in [3.63, 3.8) is 0 Å². The summed E-state index contributed by atoms with van der Waals surface area (Å²) in [6.45, 7) is 0. The van der Waals surface area contributed by atoms with Crippen molar-refractivity contribution in [3.8, 4) is 11.4 Å². The highest BCUT2D eigenvalue weighted by molar-refractivity contribution is 5.79. The lowest BCUT2D eigenvalue weighted by Gasteiger charge is -2.08. The largest absolute Gasteiger partial charge is 0.323 e. The van der Waals surface area contributed by atoms with E-state index in [1.165, 1.54) is 41.2 Å². The van der Waals surface area contributed by atoms with Gasteiger partial charge in [-0.25, -0.2) is 13.2 Å². The molecule has 0 radical (unpaired) electrons. The molecule has 0 fully saturated rings. The summed E-state index contributed by atoms with van der Waals surface area (Å²) >= 11 is 0. The van der Waals surface area contributed by atoms with E-state index in [-0.39, 0.29) is 17.3 Å². The summed E-state index contributed by atoms with van der Waals surface area (Å²) in [5.74, 6) is -1.98. The Kier molecular flexibility index (Phi) is 5.07. The predicted octanol–water partition coefficient (Wildman–Crippen LogP) is 4.99. The van der Waals surface area contributed by atoms with Gasteiger partial charge in [0.1, 0.15) is 17.5 Å². The summed E-state index contributed by atoms with van der Waals surface area (Å²) in [4.78, 5) is 0. The average molecular weight is 393 g/mol. The number of nitrogens with one attached hydrogen (secondary N) is 1. The molecule has 1 heterocycles. The number of halogens is 3. The molecule has 144 valence electrons. The molecule has 0 atom stereocenters. The molecule has 5 nitrogen and oxygen atoms in total. The van der Waals surface area contributed by atoms with Gasteiger partial charge in [-0.3, -0.25) is 0 Å². The number of nitrogens with zero attached hydrogens (tertiary/aromatic N) is 4. The van der Waals surface area contributed by atoms with Gasteiger partial charge >= 0.3 is 0 Å². The SMILES string of the molecule is Fc1ccc(Nc2nnc(-c3c(F)cccc3F)n2/N=C/c2ccccc2)cc1. The van der Waals surface area contributed by atoms with Gasteiger partial charge in [0, 0.05) is 5.69 Å². The quantitative estimate of drug-likeness (QED) is 0.486. The van der Waals surface area contributed by atoms with Crippen LogP contribution in [0.5, 0.6) is 0 Å². The molecular formula is C21H14F3N5. The second-order valence-electron chi connectivity index (χ2n) is 6.04. The van der Waals surface area contributed by atoms with Gasteiger partial charge in [0.15, 0.2) is 5.82 Å². The molecule has 1 N–H and O–H groups in total. The number of rotatable bonds is 5. The fraction of sp³-hybridized carbons (Fsp3) is 0. The van der Waals surface area contributed by atoms with Crippen LogP contribution in [0.3, 0.4) is 0 Å². The van der Waals surface area contributed by atoms with Crippen LogP contribution in [0.4, 0.5) is 24.8 Å². The average Bonchev–Trinajstić information content (AvgIpc) is 3.11. The van der Waals surface area contributed by atoms with E-state index in [0.29, 0.717) is 5.69 Å². The third-order valence-corrected chi connectivity index (χ3v) is 4.05.